The van der Waals surface area contributed by atoms with E-state index in [0.717, 1.165) is 34.3 Å². The predicted molar refractivity (Wildman–Crippen MR) is 103 cm³/mol. The van der Waals surface area contributed by atoms with Crippen molar-refractivity contribution < 1.29 is 4.79 Å². The van der Waals surface area contributed by atoms with Crippen LogP contribution < -0.4 is 10.6 Å². The van der Waals surface area contributed by atoms with Gasteiger partial charge < -0.3 is 10.6 Å². The van der Waals surface area contributed by atoms with Crippen molar-refractivity contribution in [2.45, 2.75) is 31.0 Å². The summed E-state index contributed by atoms with van der Waals surface area (Å²) in [6, 6.07) is 14.1. The molecule has 2 aromatic carbocycles. The van der Waals surface area contributed by atoms with Crippen molar-refractivity contribution >= 4 is 41.7 Å². The topological polar surface area (TPSA) is 41.1 Å². The number of nitrogens with one attached hydrogen (secondary N) is 2. The highest BCUT2D eigenvalue weighted by Crippen LogP contribution is 2.21. The largest absolute Gasteiger partial charge is 0.352 e. The van der Waals surface area contributed by atoms with Crippen LogP contribution in [0.1, 0.15) is 23.1 Å². The number of fused-ring (bicyclic) bond motifs is 1. The molecule has 0 fully saturated rings. The van der Waals surface area contributed by atoms with Crippen LogP contribution in [0, 0.1) is 0 Å². The molecule has 0 unspecified atom stereocenters. The average Bonchev–Trinajstić information content (AvgIpc) is 3.02. The maximum Gasteiger partial charge on any atom is 0.221 e. The fraction of sp³-hybridized carbons (Fsp3) is 0.278. The van der Waals surface area contributed by atoms with Crippen LogP contribution in [0.3, 0.4) is 0 Å². The lowest BCUT2D eigenvalue weighted by Crippen LogP contribution is -2.23. The third kappa shape index (κ3) is 5.42. The summed E-state index contributed by atoms with van der Waals surface area (Å²) in [6.07, 6.45) is 0.514. The molecular weight excluding hydrogens is 363 g/mol. The van der Waals surface area contributed by atoms with Gasteiger partial charge in [0.15, 0.2) is 0 Å². The van der Waals surface area contributed by atoms with Crippen LogP contribution in [0.4, 0.5) is 0 Å². The monoisotopic (exact) mass is 382 g/mol. The van der Waals surface area contributed by atoms with Gasteiger partial charge in [-0.15, -0.1) is 24.2 Å². The third-order valence-electron chi connectivity index (χ3n) is 3.80. The molecule has 6 heteroatoms. The molecule has 128 valence electrons. The molecule has 0 aromatic heterocycles. The van der Waals surface area contributed by atoms with E-state index in [2.05, 4.69) is 28.8 Å². The number of thioether (sulfide) groups is 1. The summed E-state index contributed by atoms with van der Waals surface area (Å²) in [5.74, 6) is 0.853. The van der Waals surface area contributed by atoms with Crippen LogP contribution in [0.15, 0.2) is 47.4 Å². The molecule has 1 amide bonds. The van der Waals surface area contributed by atoms with Gasteiger partial charge in [0.2, 0.25) is 5.91 Å². The first-order valence-electron chi connectivity index (χ1n) is 7.67. The van der Waals surface area contributed by atoms with Gasteiger partial charge in [-0.1, -0.05) is 29.8 Å². The summed E-state index contributed by atoms with van der Waals surface area (Å²) in [5.41, 5.74) is 3.86. The van der Waals surface area contributed by atoms with Gasteiger partial charge >= 0.3 is 0 Å². The van der Waals surface area contributed by atoms with Gasteiger partial charge in [-0.2, -0.15) is 0 Å². The van der Waals surface area contributed by atoms with Crippen molar-refractivity contribution in [2.75, 3.05) is 5.75 Å². The van der Waals surface area contributed by atoms with Crippen molar-refractivity contribution in [1.29, 1.82) is 0 Å². The molecule has 0 aliphatic carbocycles. The molecule has 3 rings (SSSR count). The Kier molecular flexibility index (Phi) is 7.43. The number of carbonyl (C=O) groups is 1. The molecule has 1 heterocycles. The first-order chi connectivity index (χ1) is 11.2. The lowest BCUT2D eigenvalue weighted by Gasteiger charge is -2.07. The van der Waals surface area contributed by atoms with E-state index in [9.17, 15) is 4.79 Å². The second kappa shape index (κ2) is 9.33. The first kappa shape index (κ1) is 19.1. The number of hydrogen-bond acceptors (Lipinski definition) is 3. The number of benzene rings is 2. The maximum atomic E-state index is 11.9. The van der Waals surface area contributed by atoms with Crippen LogP contribution in [-0.4, -0.2) is 11.7 Å². The van der Waals surface area contributed by atoms with Crippen LogP contribution >= 0.6 is 35.8 Å². The summed E-state index contributed by atoms with van der Waals surface area (Å²) < 4.78 is 0. The van der Waals surface area contributed by atoms with Gasteiger partial charge in [0.05, 0.1) is 0 Å². The average molecular weight is 383 g/mol. The van der Waals surface area contributed by atoms with Gasteiger partial charge in [0, 0.05) is 41.7 Å². The lowest BCUT2D eigenvalue weighted by molar-refractivity contribution is -0.120. The Balaban J connectivity index is 0.00000208. The van der Waals surface area contributed by atoms with Crippen LogP contribution in [0.25, 0.3) is 0 Å². The molecule has 2 aromatic rings. The van der Waals surface area contributed by atoms with E-state index < -0.39 is 0 Å². The fourth-order valence-electron chi connectivity index (χ4n) is 2.54. The number of hydrogen-bond donors (Lipinski definition) is 2. The van der Waals surface area contributed by atoms with Gasteiger partial charge in [0.25, 0.3) is 0 Å². The molecule has 0 saturated carbocycles. The Hall–Kier alpha value is -1.20. The quantitative estimate of drug-likeness (QED) is 0.736. The second-order valence-electron chi connectivity index (χ2n) is 5.54. The summed E-state index contributed by atoms with van der Waals surface area (Å²) in [6.45, 7) is 2.47. The Bertz CT molecular complexity index is 692. The molecule has 0 bridgehead atoms. The molecule has 0 saturated heterocycles. The van der Waals surface area contributed by atoms with Crippen molar-refractivity contribution in [3.63, 3.8) is 0 Å². The van der Waals surface area contributed by atoms with Gasteiger partial charge in [-0.05, 0) is 41.0 Å². The van der Waals surface area contributed by atoms with Crippen molar-refractivity contribution in [2.24, 2.45) is 0 Å². The molecule has 24 heavy (non-hydrogen) atoms. The number of halogens is 2. The first-order valence-corrected chi connectivity index (χ1v) is 9.03. The fourth-order valence-corrected chi connectivity index (χ4v) is 3.52. The highest BCUT2D eigenvalue weighted by atomic mass is 35.5. The van der Waals surface area contributed by atoms with Crippen LogP contribution in [0.5, 0.6) is 0 Å². The van der Waals surface area contributed by atoms with Crippen molar-refractivity contribution in [1.82, 2.24) is 10.6 Å². The van der Waals surface area contributed by atoms with Crippen LogP contribution in [0.2, 0.25) is 5.02 Å². The molecule has 2 N–H and O–H groups in total. The van der Waals surface area contributed by atoms with E-state index in [4.69, 9.17) is 11.6 Å². The van der Waals surface area contributed by atoms with Crippen molar-refractivity contribution in [3.8, 4) is 0 Å². The normalized spacial score (nSPS) is 12.4. The molecule has 0 radical (unpaired) electrons. The molecule has 3 nitrogen and oxygen atoms in total. The summed E-state index contributed by atoms with van der Waals surface area (Å²) >= 11 is 7.52. The van der Waals surface area contributed by atoms with E-state index in [1.54, 1.807) is 11.8 Å². The van der Waals surface area contributed by atoms with Crippen molar-refractivity contribution in [3.05, 3.63) is 64.2 Å². The number of carbonyl (C=O) groups excluding carboxylic acids is 1. The standard InChI is InChI=1S/C18H19ClN2OS.ClH/c19-16-3-5-17(6-4-16)23-8-7-18(22)21-10-13-1-2-14-11-20-12-15(14)9-13;/h1-6,9,20H,7-8,10-12H2,(H,21,22);1H. The zero-order valence-corrected chi connectivity index (χ0v) is 15.6. The van der Waals surface area contributed by atoms with Gasteiger partial charge in [0.1, 0.15) is 0 Å². The summed E-state index contributed by atoms with van der Waals surface area (Å²) in [5, 5.41) is 7.05. The molecular formula is C18H20Cl2N2OS. The zero-order chi connectivity index (χ0) is 16.1. The number of rotatable bonds is 6. The molecule has 1 aliphatic rings. The predicted octanol–water partition coefficient (Wildman–Crippen LogP) is 4.16. The highest BCUT2D eigenvalue weighted by Gasteiger charge is 2.10. The number of amides is 1. The molecule has 0 atom stereocenters. The smallest absolute Gasteiger partial charge is 0.221 e. The zero-order valence-electron chi connectivity index (χ0n) is 13.2. The van der Waals surface area contributed by atoms with E-state index in [0.29, 0.717) is 13.0 Å². The Morgan fingerprint density at radius 1 is 1.12 bits per heavy atom. The molecule has 0 spiro atoms. The van der Waals surface area contributed by atoms with E-state index >= 15 is 0 Å². The minimum atomic E-state index is 0. The SMILES string of the molecule is Cl.O=C(CCSc1ccc(Cl)cc1)NCc1ccc2c(c1)CNC2. The summed E-state index contributed by atoms with van der Waals surface area (Å²) in [4.78, 5) is 13.1. The highest BCUT2D eigenvalue weighted by molar-refractivity contribution is 7.99. The van der Waals surface area contributed by atoms with E-state index in [1.807, 2.05) is 24.3 Å². The summed E-state index contributed by atoms with van der Waals surface area (Å²) in [7, 11) is 0. The second-order valence-corrected chi connectivity index (χ2v) is 7.14. The molecule has 1 aliphatic heterocycles. The Morgan fingerprint density at radius 2 is 1.88 bits per heavy atom. The maximum absolute atomic E-state index is 11.9. The third-order valence-corrected chi connectivity index (χ3v) is 5.07. The lowest BCUT2D eigenvalue weighted by atomic mass is 10.1. The Morgan fingerprint density at radius 3 is 2.67 bits per heavy atom. The minimum absolute atomic E-state index is 0. The van der Waals surface area contributed by atoms with Gasteiger partial charge in [-0.3, -0.25) is 4.79 Å². The Labute approximate surface area is 158 Å². The van der Waals surface area contributed by atoms with Gasteiger partial charge in [-0.25, -0.2) is 0 Å². The minimum Gasteiger partial charge on any atom is -0.352 e. The van der Waals surface area contributed by atoms with E-state index in [1.165, 1.54) is 11.1 Å². The van der Waals surface area contributed by atoms with E-state index in [-0.39, 0.29) is 18.3 Å². The van der Waals surface area contributed by atoms with Crippen LogP contribution in [-0.2, 0) is 24.4 Å².